The monoisotopic (exact) mass is 249 g/mol. The molecule has 0 amide bonds. The first-order valence-corrected chi connectivity index (χ1v) is 7.34. The average molecular weight is 249 g/mol. The number of unbranched alkanes of at least 4 members (excludes halogenated alkanes) is 1. The molecule has 0 N–H and O–H groups in total. The molecule has 1 rings (SSSR count). The standard InChI is InChI=1S/C14H19NOS/c1-3-4-5-13(10-15)11-17(16)14-8-6-12(2)7-9-14/h6-9,13H,3-5,11H2,1-2H3/t13-,17+/m0/s1. The van der Waals surface area contributed by atoms with Crippen LogP contribution in [-0.2, 0) is 10.8 Å². The zero-order valence-corrected chi connectivity index (χ0v) is 11.3. The number of rotatable bonds is 6. The number of benzene rings is 1. The lowest BCUT2D eigenvalue weighted by Crippen LogP contribution is -2.09. The Kier molecular flexibility index (Phi) is 5.93. The fourth-order valence-corrected chi connectivity index (χ4v) is 2.84. The summed E-state index contributed by atoms with van der Waals surface area (Å²) in [5.74, 6) is 0.372. The highest BCUT2D eigenvalue weighted by Crippen LogP contribution is 2.14. The summed E-state index contributed by atoms with van der Waals surface area (Å²) in [6, 6.07) is 9.95. The van der Waals surface area contributed by atoms with Gasteiger partial charge in [0.2, 0.25) is 0 Å². The number of nitrogens with zero attached hydrogens (tertiary/aromatic N) is 1. The second-order valence-corrected chi connectivity index (χ2v) is 5.79. The lowest BCUT2D eigenvalue weighted by Gasteiger charge is -2.08. The van der Waals surface area contributed by atoms with E-state index in [1.54, 1.807) is 0 Å². The van der Waals surface area contributed by atoms with E-state index in [-0.39, 0.29) is 5.92 Å². The third-order valence-electron chi connectivity index (χ3n) is 2.73. The fourth-order valence-electron chi connectivity index (χ4n) is 1.60. The van der Waals surface area contributed by atoms with Gasteiger partial charge in [0.15, 0.2) is 0 Å². The fraction of sp³-hybridized carbons (Fsp3) is 0.500. The molecule has 0 heterocycles. The molecule has 0 aliphatic heterocycles. The molecule has 0 aromatic heterocycles. The molecular formula is C14H19NOS. The van der Waals surface area contributed by atoms with Gasteiger partial charge in [0.1, 0.15) is 0 Å². The summed E-state index contributed by atoms with van der Waals surface area (Å²) < 4.78 is 12.0. The minimum absolute atomic E-state index is 0.0860. The zero-order valence-electron chi connectivity index (χ0n) is 10.5. The van der Waals surface area contributed by atoms with Gasteiger partial charge in [0.05, 0.1) is 22.8 Å². The number of nitriles is 1. The van der Waals surface area contributed by atoms with E-state index in [0.29, 0.717) is 5.75 Å². The molecule has 1 aromatic rings. The Morgan fingerprint density at radius 1 is 1.35 bits per heavy atom. The quantitative estimate of drug-likeness (QED) is 0.775. The predicted octanol–water partition coefficient (Wildman–Crippen LogP) is 3.43. The van der Waals surface area contributed by atoms with Gasteiger partial charge in [-0.05, 0) is 25.5 Å². The Bertz CT molecular complexity index is 405. The number of hydrogen-bond acceptors (Lipinski definition) is 2. The molecule has 0 unspecified atom stereocenters. The molecule has 17 heavy (non-hydrogen) atoms. The lowest BCUT2D eigenvalue weighted by atomic mass is 10.1. The van der Waals surface area contributed by atoms with Crippen LogP contribution in [0.25, 0.3) is 0 Å². The Morgan fingerprint density at radius 2 is 2.00 bits per heavy atom. The van der Waals surface area contributed by atoms with Crippen LogP contribution in [0.5, 0.6) is 0 Å². The molecule has 0 fully saturated rings. The average Bonchev–Trinajstić information content (AvgIpc) is 2.35. The number of hydrogen-bond donors (Lipinski definition) is 0. The molecule has 92 valence electrons. The van der Waals surface area contributed by atoms with E-state index in [4.69, 9.17) is 5.26 Å². The summed E-state index contributed by atoms with van der Waals surface area (Å²) in [6.45, 7) is 4.11. The molecular weight excluding hydrogens is 230 g/mol. The van der Waals surface area contributed by atoms with Crippen LogP contribution in [0.2, 0.25) is 0 Å². The third kappa shape index (κ3) is 4.70. The third-order valence-corrected chi connectivity index (χ3v) is 4.23. The van der Waals surface area contributed by atoms with Crippen molar-refractivity contribution in [2.75, 3.05) is 5.75 Å². The topological polar surface area (TPSA) is 40.9 Å². The van der Waals surface area contributed by atoms with Crippen molar-refractivity contribution in [3.8, 4) is 6.07 Å². The zero-order chi connectivity index (χ0) is 12.7. The maximum atomic E-state index is 12.0. The van der Waals surface area contributed by atoms with E-state index in [0.717, 1.165) is 29.7 Å². The Balaban J connectivity index is 2.59. The van der Waals surface area contributed by atoms with E-state index < -0.39 is 10.8 Å². The molecule has 0 bridgehead atoms. The van der Waals surface area contributed by atoms with Crippen LogP contribution < -0.4 is 0 Å². The molecule has 2 atom stereocenters. The molecule has 3 heteroatoms. The maximum Gasteiger partial charge on any atom is 0.0665 e. The van der Waals surface area contributed by atoms with Crippen LogP contribution in [0.1, 0.15) is 31.7 Å². The van der Waals surface area contributed by atoms with E-state index in [9.17, 15) is 4.21 Å². The van der Waals surface area contributed by atoms with Gasteiger partial charge in [-0.25, -0.2) is 0 Å². The van der Waals surface area contributed by atoms with Crippen molar-refractivity contribution < 1.29 is 4.21 Å². The summed E-state index contributed by atoms with van der Waals surface area (Å²) in [5.41, 5.74) is 1.16. The molecule has 0 spiro atoms. The van der Waals surface area contributed by atoms with E-state index in [1.807, 2.05) is 31.2 Å². The van der Waals surface area contributed by atoms with Gasteiger partial charge in [-0.15, -0.1) is 0 Å². The summed E-state index contributed by atoms with van der Waals surface area (Å²) in [5, 5.41) is 9.01. The smallest absolute Gasteiger partial charge is 0.0665 e. The van der Waals surface area contributed by atoms with E-state index >= 15 is 0 Å². The van der Waals surface area contributed by atoms with Crippen molar-refractivity contribution in [3.63, 3.8) is 0 Å². The van der Waals surface area contributed by atoms with Crippen LogP contribution in [-0.4, -0.2) is 9.96 Å². The van der Waals surface area contributed by atoms with Gasteiger partial charge in [-0.3, -0.25) is 4.21 Å². The van der Waals surface area contributed by atoms with E-state index in [2.05, 4.69) is 13.0 Å². The van der Waals surface area contributed by atoms with Crippen molar-refractivity contribution in [1.29, 1.82) is 5.26 Å². The SMILES string of the molecule is CCCC[C@@H](C#N)C[S@@](=O)c1ccc(C)cc1. The summed E-state index contributed by atoms with van der Waals surface area (Å²) in [4.78, 5) is 0.826. The second kappa shape index (κ2) is 7.24. The van der Waals surface area contributed by atoms with Crippen molar-refractivity contribution >= 4 is 10.8 Å². The van der Waals surface area contributed by atoms with Crippen molar-refractivity contribution in [2.24, 2.45) is 5.92 Å². The first-order valence-electron chi connectivity index (χ1n) is 6.02. The molecule has 1 aromatic carbocycles. The van der Waals surface area contributed by atoms with Crippen molar-refractivity contribution in [3.05, 3.63) is 29.8 Å². The van der Waals surface area contributed by atoms with Crippen LogP contribution >= 0.6 is 0 Å². The minimum atomic E-state index is -1.05. The highest BCUT2D eigenvalue weighted by molar-refractivity contribution is 7.85. The Hall–Kier alpha value is -1.14. The first-order chi connectivity index (χ1) is 8.17. The van der Waals surface area contributed by atoms with Crippen LogP contribution in [0, 0.1) is 24.2 Å². The van der Waals surface area contributed by atoms with Gasteiger partial charge in [-0.2, -0.15) is 5.26 Å². The second-order valence-electron chi connectivity index (χ2n) is 4.29. The van der Waals surface area contributed by atoms with Gasteiger partial charge in [0, 0.05) is 10.6 Å². The normalized spacial score (nSPS) is 13.9. The largest absolute Gasteiger partial charge is 0.254 e. The summed E-state index contributed by atoms with van der Waals surface area (Å²) in [7, 11) is -1.05. The number of aryl methyl sites for hydroxylation is 1. The van der Waals surface area contributed by atoms with Crippen molar-refractivity contribution in [2.45, 2.75) is 38.0 Å². The molecule has 0 aliphatic rings. The maximum absolute atomic E-state index is 12.0. The molecule has 0 aliphatic carbocycles. The van der Waals surface area contributed by atoms with Crippen LogP contribution in [0.15, 0.2) is 29.2 Å². The highest BCUT2D eigenvalue weighted by atomic mass is 32.2. The van der Waals surface area contributed by atoms with Gasteiger partial charge in [0.25, 0.3) is 0 Å². The molecule has 2 nitrogen and oxygen atoms in total. The Morgan fingerprint density at radius 3 is 2.53 bits per heavy atom. The van der Waals surface area contributed by atoms with Crippen molar-refractivity contribution in [1.82, 2.24) is 0 Å². The molecule has 0 saturated carbocycles. The summed E-state index contributed by atoms with van der Waals surface area (Å²) >= 11 is 0. The Labute approximate surface area is 106 Å². The highest BCUT2D eigenvalue weighted by Gasteiger charge is 2.12. The van der Waals surface area contributed by atoms with Gasteiger partial charge in [-0.1, -0.05) is 37.5 Å². The first kappa shape index (κ1) is 13.9. The molecule has 0 radical (unpaired) electrons. The predicted molar refractivity (Wildman–Crippen MR) is 71.1 cm³/mol. The van der Waals surface area contributed by atoms with E-state index in [1.165, 1.54) is 0 Å². The summed E-state index contributed by atoms with van der Waals surface area (Å²) in [6.07, 6.45) is 2.96. The van der Waals surface area contributed by atoms with Gasteiger partial charge < -0.3 is 0 Å². The molecule has 0 saturated heterocycles. The van der Waals surface area contributed by atoms with Crippen LogP contribution in [0.4, 0.5) is 0 Å². The van der Waals surface area contributed by atoms with Gasteiger partial charge >= 0.3 is 0 Å². The van der Waals surface area contributed by atoms with Crippen LogP contribution in [0.3, 0.4) is 0 Å². The lowest BCUT2D eigenvalue weighted by molar-refractivity contribution is 0.603. The minimum Gasteiger partial charge on any atom is -0.254 e.